The summed E-state index contributed by atoms with van der Waals surface area (Å²) in [6.07, 6.45) is 2.54. The van der Waals surface area contributed by atoms with Gasteiger partial charge in [0, 0.05) is 20.8 Å². The van der Waals surface area contributed by atoms with Gasteiger partial charge in [-0.05, 0) is 52.7 Å². The van der Waals surface area contributed by atoms with Crippen LogP contribution in [0.5, 0.6) is 0 Å². The maximum absolute atomic E-state index is 6.00. The second-order valence-corrected chi connectivity index (χ2v) is 6.87. The van der Waals surface area contributed by atoms with Crippen LogP contribution in [0.4, 0.5) is 5.69 Å². The fourth-order valence-electron chi connectivity index (χ4n) is 1.92. The molecular weight excluding hydrogens is 306 g/mol. The fraction of sp³-hybridized carbons (Fsp3) is 0.500. The molecule has 88 valence electrons. The van der Waals surface area contributed by atoms with Gasteiger partial charge in [0.05, 0.1) is 5.69 Å². The Morgan fingerprint density at radius 2 is 2.31 bits per heavy atom. The third-order valence-corrected chi connectivity index (χ3v) is 5.18. The number of hydrogen-bond acceptors (Lipinski definition) is 2. The first-order chi connectivity index (χ1) is 7.66. The van der Waals surface area contributed by atoms with E-state index in [0.29, 0.717) is 11.3 Å². The summed E-state index contributed by atoms with van der Waals surface area (Å²) in [4.78, 5) is 0. The molecule has 0 spiro atoms. The number of nitrogens with one attached hydrogen (secondary N) is 1. The highest BCUT2D eigenvalue weighted by Crippen LogP contribution is 2.31. The summed E-state index contributed by atoms with van der Waals surface area (Å²) in [6, 6.07) is 6.42. The molecule has 1 aromatic rings. The predicted octanol–water partition coefficient (Wildman–Crippen LogP) is 4.80. The minimum absolute atomic E-state index is 0.550. The van der Waals surface area contributed by atoms with Crippen LogP contribution in [-0.2, 0) is 0 Å². The lowest BCUT2D eigenvalue weighted by Crippen LogP contribution is -2.32. The van der Waals surface area contributed by atoms with Gasteiger partial charge in [-0.3, -0.25) is 0 Å². The van der Waals surface area contributed by atoms with Gasteiger partial charge in [-0.25, -0.2) is 0 Å². The molecule has 2 rings (SSSR count). The lowest BCUT2D eigenvalue weighted by Gasteiger charge is -2.30. The number of benzene rings is 1. The average Bonchev–Trinajstić information content (AvgIpc) is 2.27. The quantitative estimate of drug-likeness (QED) is 0.840. The van der Waals surface area contributed by atoms with Gasteiger partial charge >= 0.3 is 0 Å². The molecule has 0 aliphatic carbocycles. The van der Waals surface area contributed by atoms with Crippen molar-refractivity contribution in [1.82, 2.24) is 0 Å². The van der Waals surface area contributed by atoms with Gasteiger partial charge in [0.2, 0.25) is 0 Å². The number of anilines is 1. The van der Waals surface area contributed by atoms with E-state index in [0.717, 1.165) is 15.2 Å². The van der Waals surface area contributed by atoms with Crippen molar-refractivity contribution < 1.29 is 0 Å². The Bertz CT molecular complexity index is 372. The zero-order valence-corrected chi connectivity index (χ0v) is 12.3. The first-order valence-corrected chi connectivity index (χ1v) is 7.72. The number of halogens is 2. The average molecular weight is 321 g/mol. The minimum Gasteiger partial charge on any atom is -0.380 e. The zero-order chi connectivity index (χ0) is 11.5. The Morgan fingerprint density at radius 1 is 1.50 bits per heavy atom. The smallest absolute Gasteiger partial charge is 0.0502 e. The van der Waals surface area contributed by atoms with Gasteiger partial charge < -0.3 is 5.32 Å². The molecule has 1 aromatic carbocycles. The topological polar surface area (TPSA) is 12.0 Å². The molecule has 4 heteroatoms. The van der Waals surface area contributed by atoms with Crippen molar-refractivity contribution in [2.45, 2.75) is 31.1 Å². The molecule has 0 radical (unpaired) electrons. The molecule has 2 atom stereocenters. The summed E-state index contributed by atoms with van der Waals surface area (Å²) < 4.78 is 1.08. The normalized spacial score (nSPS) is 25.4. The molecule has 1 aliphatic rings. The Morgan fingerprint density at radius 3 is 3.06 bits per heavy atom. The van der Waals surface area contributed by atoms with Gasteiger partial charge in [0.1, 0.15) is 0 Å². The highest BCUT2D eigenvalue weighted by atomic mass is 79.9. The van der Waals surface area contributed by atoms with Crippen molar-refractivity contribution in [1.29, 1.82) is 0 Å². The molecule has 1 heterocycles. The summed E-state index contributed by atoms with van der Waals surface area (Å²) in [7, 11) is 0. The van der Waals surface area contributed by atoms with Crippen LogP contribution in [0.2, 0.25) is 5.02 Å². The number of hydrogen-bond donors (Lipinski definition) is 1. The van der Waals surface area contributed by atoms with E-state index in [2.05, 4.69) is 28.2 Å². The van der Waals surface area contributed by atoms with E-state index in [1.54, 1.807) is 0 Å². The molecule has 1 N–H and O–H groups in total. The molecular formula is C12H15BrClNS. The number of thioether (sulfide) groups is 1. The van der Waals surface area contributed by atoms with Crippen LogP contribution < -0.4 is 5.32 Å². The molecule has 0 saturated carbocycles. The van der Waals surface area contributed by atoms with Crippen LogP contribution in [0.3, 0.4) is 0 Å². The minimum atomic E-state index is 0.550. The van der Waals surface area contributed by atoms with E-state index in [1.807, 2.05) is 30.0 Å². The molecule has 16 heavy (non-hydrogen) atoms. The summed E-state index contributed by atoms with van der Waals surface area (Å²) >= 11 is 11.6. The second kappa shape index (κ2) is 5.65. The van der Waals surface area contributed by atoms with Crippen LogP contribution in [0, 0.1) is 0 Å². The van der Waals surface area contributed by atoms with Gasteiger partial charge in [-0.15, -0.1) is 0 Å². The Balaban J connectivity index is 2.10. The summed E-state index contributed by atoms with van der Waals surface area (Å²) in [6.45, 7) is 2.29. The van der Waals surface area contributed by atoms with E-state index in [1.165, 1.54) is 18.6 Å². The van der Waals surface area contributed by atoms with Crippen molar-refractivity contribution >= 4 is 45.0 Å². The molecule has 1 fully saturated rings. The van der Waals surface area contributed by atoms with Gasteiger partial charge in [0.15, 0.2) is 0 Å². The highest BCUT2D eigenvalue weighted by Gasteiger charge is 2.22. The van der Waals surface area contributed by atoms with E-state index < -0.39 is 0 Å². The SMILES string of the molecule is CC1SCCCC1Nc1cc(Cl)ccc1Br. The fourth-order valence-corrected chi connectivity index (χ4v) is 3.60. The highest BCUT2D eigenvalue weighted by molar-refractivity contribution is 9.10. The molecule has 0 aromatic heterocycles. The van der Waals surface area contributed by atoms with Crippen molar-refractivity contribution in [3.63, 3.8) is 0 Å². The molecule has 2 unspecified atom stereocenters. The van der Waals surface area contributed by atoms with E-state index >= 15 is 0 Å². The largest absolute Gasteiger partial charge is 0.380 e. The van der Waals surface area contributed by atoms with Crippen LogP contribution in [-0.4, -0.2) is 17.0 Å². The summed E-state index contributed by atoms with van der Waals surface area (Å²) in [5.74, 6) is 1.29. The van der Waals surface area contributed by atoms with Crippen LogP contribution in [0.15, 0.2) is 22.7 Å². The van der Waals surface area contributed by atoms with Crippen molar-refractivity contribution in [3.05, 3.63) is 27.7 Å². The Kier molecular flexibility index (Phi) is 4.45. The predicted molar refractivity (Wildman–Crippen MR) is 77.7 cm³/mol. The maximum Gasteiger partial charge on any atom is 0.0502 e. The van der Waals surface area contributed by atoms with Crippen LogP contribution in [0.1, 0.15) is 19.8 Å². The molecule has 1 aliphatic heterocycles. The Labute approximate surface area is 114 Å². The standard InChI is InChI=1S/C12H15BrClNS/c1-8-11(3-2-6-16-8)15-12-7-9(14)4-5-10(12)13/h4-5,7-8,11,15H,2-3,6H2,1H3. The summed E-state index contributed by atoms with van der Waals surface area (Å²) in [5.41, 5.74) is 1.10. The monoisotopic (exact) mass is 319 g/mol. The van der Waals surface area contributed by atoms with Crippen molar-refractivity contribution in [2.75, 3.05) is 11.1 Å². The van der Waals surface area contributed by atoms with Crippen molar-refractivity contribution in [3.8, 4) is 0 Å². The molecule has 0 amide bonds. The zero-order valence-electron chi connectivity index (χ0n) is 9.17. The van der Waals surface area contributed by atoms with Crippen molar-refractivity contribution in [2.24, 2.45) is 0 Å². The Hall–Kier alpha value is 0.140. The maximum atomic E-state index is 6.00. The first-order valence-electron chi connectivity index (χ1n) is 5.50. The third kappa shape index (κ3) is 3.08. The van der Waals surface area contributed by atoms with E-state index in [-0.39, 0.29) is 0 Å². The second-order valence-electron chi connectivity index (χ2n) is 4.09. The van der Waals surface area contributed by atoms with Gasteiger partial charge in [-0.2, -0.15) is 11.8 Å². The van der Waals surface area contributed by atoms with E-state index in [4.69, 9.17) is 11.6 Å². The van der Waals surface area contributed by atoms with Gasteiger partial charge in [-0.1, -0.05) is 18.5 Å². The van der Waals surface area contributed by atoms with Crippen LogP contribution in [0.25, 0.3) is 0 Å². The lowest BCUT2D eigenvalue weighted by molar-refractivity contribution is 0.617. The van der Waals surface area contributed by atoms with E-state index in [9.17, 15) is 0 Å². The lowest BCUT2D eigenvalue weighted by atomic mass is 10.1. The number of rotatable bonds is 2. The van der Waals surface area contributed by atoms with Crippen LogP contribution >= 0.6 is 39.3 Å². The molecule has 0 bridgehead atoms. The molecule has 1 saturated heterocycles. The molecule has 1 nitrogen and oxygen atoms in total. The third-order valence-electron chi connectivity index (χ3n) is 2.88. The first kappa shape index (κ1) is 12.6. The van der Waals surface area contributed by atoms with Gasteiger partial charge in [0.25, 0.3) is 0 Å². The summed E-state index contributed by atoms with van der Waals surface area (Å²) in [5, 5.41) is 5.03.